The van der Waals surface area contributed by atoms with Crippen LogP contribution in [0.1, 0.15) is 32.5 Å². The van der Waals surface area contributed by atoms with Gasteiger partial charge in [-0.05, 0) is 18.2 Å². The molecule has 1 aromatic heterocycles. The lowest BCUT2D eigenvalue weighted by atomic mass is 9.97. The number of rotatable bonds is 3. The smallest absolute Gasteiger partial charge is 0.232 e. The minimum absolute atomic E-state index is 0.134. The third-order valence-electron chi connectivity index (χ3n) is 2.42. The van der Waals surface area contributed by atoms with E-state index >= 15 is 0 Å². The van der Waals surface area contributed by atoms with Gasteiger partial charge in [-0.15, -0.1) is 11.8 Å². The Hall–Kier alpha value is -1.20. The van der Waals surface area contributed by atoms with Crippen molar-refractivity contribution < 1.29 is 4.52 Å². The summed E-state index contributed by atoms with van der Waals surface area (Å²) in [5.74, 6) is 1.90. The number of thioether (sulfide) groups is 1. The van der Waals surface area contributed by atoms with Crippen LogP contribution in [0.2, 0.25) is 5.02 Å². The van der Waals surface area contributed by atoms with E-state index in [0.29, 0.717) is 28.2 Å². The van der Waals surface area contributed by atoms with E-state index < -0.39 is 0 Å². The van der Waals surface area contributed by atoms with Crippen molar-refractivity contribution in [1.82, 2.24) is 10.1 Å². The summed E-state index contributed by atoms with van der Waals surface area (Å²) < 4.78 is 5.24. The fraction of sp³-hybridized carbons (Fsp3) is 0.385. The fourth-order valence-corrected chi connectivity index (χ4v) is 2.50. The maximum Gasteiger partial charge on any atom is 0.232 e. The van der Waals surface area contributed by atoms with Gasteiger partial charge in [0.05, 0.1) is 10.8 Å². The first-order chi connectivity index (χ1) is 8.86. The minimum atomic E-state index is -0.134. The van der Waals surface area contributed by atoms with Gasteiger partial charge in [0.1, 0.15) is 0 Å². The molecule has 0 saturated carbocycles. The number of nitrogens with zero attached hydrogens (tertiary/aromatic N) is 2. The van der Waals surface area contributed by atoms with Crippen molar-refractivity contribution in [3.05, 3.63) is 34.9 Å². The van der Waals surface area contributed by atoms with Crippen molar-refractivity contribution in [1.29, 1.82) is 0 Å². The molecule has 2 N–H and O–H groups in total. The van der Waals surface area contributed by atoms with Gasteiger partial charge in [-0.25, -0.2) is 0 Å². The minimum Gasteiger partial charge on any atom is -0.399 e. The van der Waals surface area contributed by atoms with Gasteiger partial charge < -0.3 is 10.3 Å². The molecule has 2 aromatic rings. The molecule has 4 nitrogen and oxygen atoms in total. The molecule has 0 atom stereocenters. The standard InChI is InChI=1S/C13H16ClN3OS/c1-13(2,3)12-16-11(17-18-12)7-19-10-6-8(15)4-5-9(10)14/h4-6H,7,15H2,1-3H3. The predicted molar refractivity (Wildman–Crippen MR) is 78.4 cm³/mol. The number of hydrogen-bond donors (Lipinski definition) is 1. The Morgan fingerprint density at radius 1 is 1.37 bits per heavy atom. The molecule has 0 saturated heterocycles. The van der Waals surface area contributed by atoms with Crippen LogP contribution in [0.3, 0.4) is 0 Å². The van der Waals surface area contributed by atoms with Crippen LogP contribution in [0.4, 0.5) is 5.69 Å². The second-order valence-electron chi connectivity index (χ2n) is 5.24. The van der Waals surface area contributed by atoms with Gasteiger partial charge in [0.25, 0.3) is 0 Å². The first-order valence-corrected chi connectivity index (χ1v) is 7.23. The second-order valence-corrected chi connectivity index (χ2v) is 6.67. The maximum absolute atomic E-state index is 6.10. The van der Waals surface area contributed by atoms with E-state index in [2.05, 4.69) is 10.1 Å². The molecule has 0 aliphatic carbocycles. The quantitative estimate of drug-likeness (QED) is 0.687. The zero-order chi connectivity index (χ0) is 14.0. The molecule has 0 radical (unpaired) electrons. The topological polar surface area (TPSA) is 64.9 Å². The highest BCUT2D eigenvalue weighted by Crippen LogP contribution is 2.31. The first kappa shape index (κ1) is 14.2. The Morgan fingerprint density at radius 2 is 2.11 bits per heavy atom. The Kier molecular flexibility index (Phi) is 4.06. The monoisotopic (exact) mass is 297 g/mol. The van der Waals surface area contributed by atoms with Crippen molar-refractivity contribution in [2.75, 3.05) is 5.73 Å². The molecule has 0 amide bonds. The number of anilines is 1. The number of nitrogens with two attached hydrogens (primary N) is 1. The number of benzene rings is 1. The summed E-state index contributed by atoms with van der Waals surface area (Å²) in [6, 6.07) is 5.41. The highest BCUT2D eigenvalue weighted by atomic mass is 35.5. The van der Waals surface area contributed by atoms with Crippen molar-refractivity contribution >= 4 is 29.1 Å². The Morgan fingerprint density at radius 3 is 2.74 bits per heavy atom. The lowest BCUT2D eigenvalue weighted by Gasteiger charge is -2.10. The third-order valence-corrected chi connectivity index (χ3v) is 3.91. The summed E-state index contributed by atoms with van der Waals surface area (Å²) in [6.45, 7) is 6.10. The van der Waals surface area contributed by atoms with E-state index in [9.17, 15) is 0 Å². The molecule has 0 bridgehead atoms. The molecule has 102 valence electrons. The second kappa shape index (κ2) is 5.43. The summed E-state index contributed by atoms with van der Waals surface area (Å²) in [7, 11) is 0. The fourth-order valence-electron chi connectivity index (χ4n) is 1.39. The van der Waals surface area contributed by atoms with Gasteiger partial charge in [0.2, 0.25) is 5.89 Å². The van der Waals surface area contributed by atoms with E-state index in [-0.39, 0.29) is 5.41 Å². The normalized spacial score (nSPS) is 11.8. The highest BCUT2D eigenvalue weighted by Gasteiger charge is 2.21. The van der Waals surface area contributed by atoms with Crippen LogP contribution in [0.15, 0.2) is 27.6 Å². The Labute approximate surface area is 121 Å². The third kappa shape index (κ3) is 3.64. The van der Waals surface area contributed by atoms with E-state index in [1.54, 1.807) is 23.9 Å². The van der Waals surface area contributed by atoms with Crippen molar-refractivity contribution in [3.8, 4) is 0 Å². The Bertz CT molecular complexity index is 578. The number of hydrogen-bond acceptors (Lipinski definition) is 5. The van der Waals surface area contributed by atoms with Crippen LogP contribution in [0.5, 0.6) is 0 Å². The number of aromatic nitrogens is 2. The van der Waals surface area contributed by atoms with Gasteiger partial charge in [0.15, 0.2) is 5.82 Å². The zero-order valence-electron chi connectivity index (χ0n) is 11.1. The first-order valence-electron chi connectivity index (χ1n) is 5.87. The SMILES string of the molecule is CC(C)(C)c1nc(CSc2cc(N)ccc2Cl)no1. The summed E-state index contributed by atoms with van der Waals surface area (Å²) in [5, 5.41) is 4.65. The molecule has 0 spiro atoms. The molecule has 6 heteroatoms. The zero-order valence-corrected chi connectivity index (χ0v) is 12.7. The molecular formula is C13H16ClN3OS. The summed E-state index contributed by atoms with van der Waals surface area (Å²) in [4.78, 5) is 5.30. The largest absolute Gasteiger partial charge is 0.399 e. The molecule has 1 heterocycles. The maximum atomic E-state index is 6.10. The number of halogens is 1. The molecule has 0 aliphatic rings. The molecule has 0 unspecified atom stereocenters. The highest BCUT2D eigenvalue weighted by molar-refractivity contribution is 7.98. The summed E-state index contributed by atoms with van der Waals surface area (Å²) >= 11 is 7.64. The van der Waals surface area contributed by atoms with Gasteiger partial charge >= 0.3 is 0 Å². The Balaban J connectivity index is 2.06. The average molecular weight is 298 g/mol. The van der Waals surface area contributed by atoms with Gasteiger partial charge in [-0.1, -0.05) is 37.5 Å². The van der Waals surface area contributed by atoms with E-state index in [1.165, 1.54) is 0 Å². The predicted octanol–water partition coefficient (Wildman–Crippen LogP) is 3.90. The van der Waals surface area contributed by atoms with Crippen molar-refractivity contribution in [3.63, 3.8) is 0 Å². The van der Waals surface area contributed by atoms with Gasteiger partial charge in [-0.3, -0.25) is 0 Å². The van der Waals surface area contributed by atoms with Gasteiger partial charge in [0, 0.05) is 16.0 Å². The van der Waals surface area contributed by atoms with Crippen LogP contribution in [0, 0.1) is 0 Å². The molecule has 2 rings (SSSR count). The summed E-state index contributed by atoms with van der Waals surface area (Å²) in [5.41, 5.74) is 6.29. The average Bonchev–Trinajstić information content (AvgIpc) is 2.79. The van der Waals surface area contributed by atoms with Crippen LogP contribution in [-0.4, -0.2) is 10.1 Å². The molecule has 19 heavy (non-hydrogen) atoms. The number of nitrogen functional groups attached to an aromatic ring is 1. The lowest BCUT2D eigenvalue weighted by Crippen LogP contribution is -2.11. The van der Waals surface area contributed by atoms with Crippen LogP contribution >= 0.6 is 23.4 Å². The van der Waals surface area contributed by atoms with Crippen LogP contribution < -0.4 is 5.73 Å². The lowest BCUT2D eigenvalue weighted by molar-refractivity contribution is 0.319. The van der Waals surface area contributed by atoms with Crippen molar-refractivity contribution in [2.24, 2.45) is 0 Å². The van der Waals surface area contributed by atoms with E-state index in [4.69, 9.17) is 21.9 Å². The molecule has 0 fully saturated rings. The van der Waals surface area contributed by atoms with E-state index in [1.807, 2.05) is 26.8 Å². The van der Waals surface area contributed by atoms with Gasteiger partial charge in [-0.2, -0.15) is 4.98 Å². The van der Waals surface area contributed by atoms with E-state index in [0.717, 1.165) is 4.90 Å². The van der Waals surface area contributed by atoms with Crippen molar-refractivity contribution in [2.45, 2.75) is 36.8 Å². The van der Waals surface area contributed by atoms with Crippen LogP contribution in [0.25, 0.3) is 0 Å². The molecule has 1 aromatic carbocycles. The molecular weight excluding hydrogens is 282 g/mol. The molecule has 0 aliphatic heterocycles. The van der Waals surface area contributed by atoms with Crippen LogP contribution in [-0.2, 0) is 11.2 Å². The summed E-state index contributed by atoms with van der Waals surface area (Å²) in [6.07, 6.45) is 0.